The van der Waals surface area contributed by atoms with E-state index >= 15 is 0 Å². The number of halogens is 8. The van der Waals surface area contributed by atoms with Crippen LogP contribution in [0.15, 0.2) is 0 Å². The Morgan fingerprint density at radius 3 is 1.08 bits per heavy atom. The minimum absolute atomic E-state index is 0. The highest BCUT2D eigenvalue weighted by Crippen LogP contribution is 2.40. The predicted octanol–water partition coefficient (Wildman–Crippen LogP) is 4.90. The number of alkyl carbamates (subject to hydrolysis) is 2. The second-order valence-corrected chi connectivity index (χ2v) is 28.7. The zero-order chi connectivity index (χ0) is 81.4. The fourth-order valence-electron chi connectivity index (χ4n) is 9.00. The molecule has 2 fully saturated rings. The molecular formula is C65H111Cl2F6N7O25. The number of nitrogens with two attached hydrogens (primary N) is 3. The summed E-state index contributed by atoms with van der Waals surface area (Å²) in [7, 11) is 0. The monoisotopic (exact) mass is 1570 g/mol. The van der Waals surface area contributed by atoms with E-state index in [0.717, 1.165) is 6.42 Å². The van der Waals surface area contributed by atoms with Crippen molar-refractivity contribution in [3.63, 3.8) is 0 Å². The van der Waals surface area contributed by atoms with Crippen LogP contribution in [0.4, 0.5) is 35.9 Å². The van der Waals surface area contributed by atoms with E-state index in [1.807, 2.05) is 0 Å². The number of Topliss-reactive ketones (excluding diaryl/α,β-unsaturated/α-hetero) is 3. The van der Waals surface area contributed by atoms with Gasteiger partial charge in [-0.2, -0.15) is 26.3 Å². The molecule has 105 heavy (non-hydrogen) atoms. The summed E-state index contributed by atoms with van der Waals surface area (Å²) in [5, 5.41) is 56.4. The number of carbonyl (C=O) groups excluding carboxylic acids is 11. The number of ketones is 3. The Balaban J connectivity index is -0.00000143. The zero-order valence-electron chi connectivity index (χ0n) is 61.2. The predicted molar refractivity (Wildman–Crippen MR) is 364 cm³/mol. The van der Waals surface area contributed by atoms with Crippen molar-refractivity contribution in [3.8, 4) is 0 Å². The Morgan fingerprint density at radius 1 is 0.467 bits per heavy atom. The van der Waals surface area contributed by atoms with Crippen molar-refractivity contribution >= 4 is 92.9 Å². The number of unbranched alkanes of at least 4 members (excludes halogenated alkanes) is 5. The van der Waals surface area contributed by atoms with E-state index in [1.165, 1.54) is 0 Å². The number of carbonyl (C=O) groups is 12. The summed E-state index contributed by atoms with van der Waals surface area (Å²) in [6.07, 6.45) is -20.6. The van der Waals surface area contributed by atoms with Gasteiger partial charge in [0.2, 0.25) is 11.8 Å². The molecule has 8 unspecified atom stereocenters. The highest BCUT2D eigenvalue weighted by molar-refractivity contribution is 6.65. The second-order valence-electron chi connectivity index (χ2n) is 28.0. The van der Waals surface area contributed by atoms with Crippen LogP contribution in [0.25, 0.3) is 0 Å². The smallest absolute Gasteiger partial charge is 0.458 e. The van der Waals surface area contributed by atoms with Crippen LogP contribution in [-0.4, -0.2) is 235 Å². The third-order valence-electron chi connectivity index (χ3n) is 13.6. The number of alkyl halides is 6. The van der Waals surface area contributed by atoms with Gasteiger partial charge < -0.3 is 102 Å². The molecule has 0 aromatic heterocycles. The van der Waals surface area contributed by atoms with Crippen molar-refractivity contribution in [2.24, 2.45) is 17.2 Å². The summed E-state index contributed by atoms with van der Waals surface area (Å²) in [6.45, 7) is 26.8. The van der Waals surface area contributed by atoms with Gasteiger partial charge in [-0.05, 0) is 217 Å². The quantitative estimate of drug-likeness (QED) is 0.00991. The van der Waals surface area contributed by atoms with Crippen LogP contribution in [0, 0.1) is 0 Å². The van der Waals surface area contributed by atoms with Crippen molar-refractivity contribution in [1.29, 1.82) is 0 Å². The molecule has 2 aliphatic rings. The number of hydrogen-bond acceptors (Lipinski definition) is 27. The third kappa shape index (κ3) is 43.5. The molecule has 0 aliphatic carbocycles. The van der Waals surface area contributed by atoms with E-state index in [4.69, 9.17) is 83.4 Å². The highest BCUT2D eigenvalue weighted by atomic mass is 35.5. The molecule has 12 atom stereocenters. The summed E-state index contributed by atoms with van der Waals surface area (Å²) < 4.78 is 110. The summed E-state index contributed by atoms with van der Waals surface area (Å²) in [5.74, 6) is -13.8. The molecule has 612 valence electrons. The Bertz CT molecular complexity index is 2720. The molecule has 2 heterocycles. The SMILES string of the molecule is C.CC(C)(C)OC(=O)NC(CCCCN)C(=O)NC(CCCCN)C(=O)OC(C)(C)C.CC(C)OC(=O)C(CCCCN)NC(=O)C(CCCCCC(=O)C(O)C(O)C(O)C(O)C(=O)O)NC(=O)OC(C)(C)C.CC1(C)O[C@H]([C@@H]2OC(C)(C)O[C@H]2C(=O)Cl)[C@@H](C(=O)Cl)O1.O=C(C(=O)C(F)(F)F)C(F)(F)F. The van der Waals surface area contributed by atoms with Gasteiger partial charge in [0.15, 0.2) is 35.7 Å². The first-order chi connectivity index (χ1) is 47.3. The third-order valence-corrected chi connectivity index (χ3v) is 14.0. The lowest BCUT2D eigenvalue weighted by molar-refractivity contribution is -0.193. The molecule has 0 spiro atoms. The van der Waals surface area contributed by atoms with Crippen molar-refractivity contribution in [2.45, 2.75) is 321 Å². The van der Waals surface area contributed by atoms with Crippen LogP contribution in [0.1, 0.15) is 201 Å². The van der Waals surface area contributed by atoms with Crippen LogP contribution < -0.4 is 38.5 Å². The first kappa shape index (κ1) is 103. The van der Waals surface area contributed by atoms with Crippen LogP contribution in [-0.2, 0) is 85.8 Å². The molecule has 2 rings (SSSR count). The molecule has 2 saturated heterocycles. The molecule has 15 N–H and O–H groups in total. The molecule has 32 nitrogen and oxygen atoms in total. The lowest BCUT2D eigenvalue weighted by Gasteiger charge is -2.27. The van der Waals surface area contributed by atoms with Gasteiger partial charge in [0, 0.05) is 6.42 Å². The van der Waals surface area contributed by atoms with Crippen LogP contribution in [0.2, 0.25) is 0 Å². The van der Waals surface area contributed by atoms with Crippen LogP contribution in [0.5, 0.6) is 0 Å². The van der Waals surface area contributed by atoms with E-state index in [2.05, 4.69) is 21.3 Å². The number of aliphatic carboxylic acids is 1. The fraction of sp³-hybridized carbons (Fsp3) is 0.815. The van der Waals surface area contributed by atoms with Crippen LogP contribution in [0.3, 0.4) is 0 Å². The number of carboxylic acids is 1. The van der Waals surface area contributed by atoms with Gasteiger partial charge in [-0.1, -0.05) is 20.3 Å². The Morgan fingerprint density at radius 2 is 0.781 bits per heavy atom. The maximum absolute atomic E-state index is 13.2. The average molecular weight is 1580 g/mol. The number of aliphatic hydroxyl groups is 4. The zero-order valence-corrected chi connectivity index (χ0v) is 62.7. The van der Waals surface area contributed by atoms with Gasteiger partial charge in [-0.15, -0.1) is 0 Å². The van der Waals surface area contributed by atoms with Crippen molar-refractivity contribution < 1.29 is 147 Å². The molecule has 0 aromatic carbocycles. The molecule has 0 radical (unpaired) electrons. The van der Waals surface area contributed by atoms with Gasteiger partial charge in [0.05, 0.1) is 6.10 Å². The minimum atomic E-state index is -5.77. The summed E-state index contributed by atoms with van der Waals surface area (Å²) in [4.78, 5) is 141. The molecular weight excluding hydrogens is 1460 g/mol. The minimum Gasteiger partial charge on any atom is -0.479 e. The highest BCUT2D eigenvalue weighted by Gasteiger charge is 2.58. The molecule has 40 heteroatoms. The first-order valence-electron chi connectivity index (χ1n) is 33.2. The second kappa shape index (κ2) is 47.0. The van der Waals surface area contributed by atoms with Crippen molar-refractivity contribution in [3.05, 3.63) is 0 Å². The topological polar surface area (TPSA) is 506 Å². The van der Waals surface area contributed by atoms with Crippen molar-refractivity contribution in [2.75, 3.05) is 19.6 Å². The Kier molecular flexibility index (Phi) is 46.2. The first-order valence-corrected chi connectivity index (χ1v) is 34.0. The number of carboxylic acid groups (broad SMARTS) is 1. The fourth-order valence-corrected chi connectivity index (χ4v) is 9.33. The van der Waals surface area contributed by atoms with E-state index in [0.29, 0.717) is 77.4 Å². The van der Waals surface area contributed by atoms with E-state index < -0.39 is 190 Å². The molecule has 2 aliphatic heterocycles. The lowest BCUT2D eigenvalue weighted by atomic mass is 9.97. The normalized spacial score (nSPS) is 19.2. The van der Waals surface area contributed by atoms with Crippen LogP contribution >= 0.6 is 23.2 Å². The van der Waals surface area contributed by atoms with Gasteiger partial charge in [0.1, 0.15) is 71.5 Å². The van der Waals surface area contributed by atoms with E-state index in [9.17, 15) is 104 Å². The largest absolute Gasteiger partial charge is 0.479 e. The summed E-state index contributed by atoms with van der Waals surface area (Å²) >= 11 is 11.0. The van der Waals surface area contributed by atoms with Crippen molar-refractivity contribution in [1.82, 2.24) is 21.3 Å². The molecule has 0 bridgehead atoms. The maximum atomic E-state index is 13.2. The number of rotatable bonds is 36. The van der Waals surface area contributed by atoms with Gasteiger partial charge in [-0.25, -0.2) is 24.0 Å². The van der Waals surface area contributed by atoms with E-state index in [-0.39, 0.29) is 33.1 Å². The summed E-state index contributed by atoms with van der Waals surface area (Å²) in [5.41, 5.74) is 14.4. The molecule has 4 amide bonds. The Hall–Kier alpha value is -6.04. The molecule has 0 saturated carbocycles. The lowest BCUT2D eigenvalue weighted by Crippen LogP contribution is -2.53. The van der Waals surface area contributed by atoms with E-state index in [1.54, 1.807) is 104 Å². The summed E-state index contributed by atoms with van der Waals surface area (Å²) in [6, 6.07) is -3.72. The number of hydrogen-bond donors (Lipinski definition) is 12. The standard InChI is InChI=1S/C27H49N3O12.C21H42N4O5.C12H16Cl2O6.C4F6O2.CH4/c1-15(2)41-25(39)17(12-9-10-14-28)29-23(36)16(30-26(40)42-27(3,4)5)11-7-6-8-13-18(31)19(32)20(33)21(34)22(35)24(37)38;1-20(2,3)29-18(27)16(12-8-10-14-23)24-17(26)15(11-7-9-13-22)25-19(28)30-21(4,5)6;1-11(2)17-5(7(19-11)9(13)15)6-8(10(14)16)20-12(3,4)18-6;5-3(6,7)1(11)2(12)4(8,9)10;/h15-17,19-22,32-35H,6-14,28H2,1-5H3,(H,29,36)(H,30,40)(H,37,38);15-16H,7-14,22-23H2,1-6H3,(H,24,26)(H,25,28);5-8H,1-4H3;;1H4/t;;5-,6+,7+,8-;;. The van der Waals surface area contributed by atoms with Gasteiger partial charge in [0.25, 0.3) is 10.5 Å². The number of esters is 2. The average Bonchev–Trinajstić information content (AvgIpc) is 1.61. The number of ether oxygens (including phenoxy) is 8. The Labute approximate surface area is 617 Å². The number of amides is 4. The van der Waals surface area contributed by atoms with Gasteiger partial charge in [-0.3, -0.25) is 33.6 Å². The van der Waals surface area contributed by atoms with Gasteiger partial charge >= 0.3 is 54.0 Å². The molecule has 0 aromatic rings. The number of nitrogens with one attached hydrogen (secondary N) is 4. The maximum Gasteiger partial charge on any atom is 0.458 e. The number of aliphatic hydroxyl groups excluding tert-OH is 4.